The number of amides is 1. The van der Waals surface area contributed by atoms with Crippen LogP contribution in [0.5, 0.6) is 0 Å². The van der Waals surface area contributed by atoms with Crippen molar-refractivity contribution >= 4 is 122 Å². The van der Waals surface area contributed by atoms with Gasteiger partial charge in [0.2, 0.25) is 0 Å². The van der Waals surface area contributed by atoms with E-state index in [9.17, 15) is 29.4 Å². The van der Waals surface area contributed by atoms with E-state index in [0.29, 0.717) is 0 Å². The average Bonchev–Trinajstić information content (AvgIpc) is 2.48. The van der Waals surface area contributed by atoms with E-state index in [4.69, 9.17) is 4.74 Å². The molecule has 0 saturated carbocycles. The van der Waals surface area contributed by atoms with Crippen LogP contribution in [-0.2, 0) is 14.3 Å². The highest BCUT2D eigenvalue weighted by atomic mass is 127. The van der Waals surface area contributed by atoms with Crippen LogP contribution in [0.3, 0.4) is 0 Å². The SMILES string of the molecule is CCC(=O)OCC(=O)Nc1c(I)c(C(=O)O)c(I)c(C(=O)O)c1I.Cl.Cl. The number of esters is 1. The maximum absolute atomic E-state index is 11.9. The summed E-state index contributed by atoms with van der Waals surface area (Å²) in [5, 5.41) is 21.1. The van der Waals surface area contributed by atoms with E-state index < -0.39 is 30.4 Å². The number of carboxylic acids is 2. The van der Waals surface area contributed by atoms with Gasteiger partial charge in [-0.3, -0.25) is 9.59 Å². The molecule has 8 nitrogen and oxygen atoms in total. The Balaban J connectivity index is 0. The van der Waals surface area contributed by atoms with Crippen molar-refractivity contribution in [2.45, 2.75) is 13.3 Å². The Bertz CT molecular complexity index is 702. The zero-order valence-corrected chi connectivity index (χ0v) is 20.9. The molecule has 0 bridgehead atoms. The van der Waals surface area contributed by atoms with Gasteiger partial charge in [-0.25, -0.2) is 9.59 Å². The van der Waals surface area contributed by atoms with Crippen LogP contribution in [0.25, 0.3) is 0 Å². The average molecular weight is 746 g/mol. The number of nitrogens with one attached hydrogen (secondary N) is 1. The summed E-state index contributed by atoms with van der Waals surface area (Å²) in [4.78, 5) is 45.8. The normalized spacial score (nSPS) is 9.38. The number of carbonyl (C=O) groups excluding carboxylic acids is 2. The van der Waals surface area contributed by atoms with Crippen LogP contribution in [0.4, 0.5) is 5.69 Å². The van der Waals surface area contributed by atoms with Crippen molar-refractivity contribution in [3.63, 3.8) is 0 Å². The number of halogens is 5. The molecule has 13 heteroatoms. The van der Waals surface area contributed by atoms with Gasteiger partial charge < -0.3 is 20.3 Å². The molecule has 0 heterocycles. The van der Waals surface area contributed by atoms with E-state index >= 15 is 0 Å². The molecule has 1 aromatic carbocycles. The fraction of sp³-hybridized carbons (Fsp3) is 0.231. The molecule has 146 valence electrons. The second kappa shape index (κ2) is 12.4. The van der Waals surface area contributed by atoms with Gasteiger partial charge in [-0.15, -0.1) is 24.8 Å². The number of carbonyl (C=O) groups is 4. The van der Waals surface area contributed by atoms with Crippen molar-refractivity contribution in [1.82, 2.24) is 0 Å². The monoisotopic (exact) mass is 745 g/mol. The Hall–Kier alpha value is -0.130. The first kappa shape index (κ1) is 28.1. The van der Waals surface area contributed by atoms with Crippen LogP contribution in [0.2, 0.25) is 0 Å². The van der Waals surface area contributed by atoms with Gasteiger partial charge in [0, 0.05) is 9.99 Å². The number of ether oxygens (including phenoxy) is 1. The molecule has 1 rings (SSSR count). The van der Waals surface area contributed by atoms with Crippen molar-refractivity contribution in [2.75, 3.05) is 11.9 Å². The van der Waals surface area contributed by atoms with Crippen LogP contribution < -0.4 is 5.32 Å². The summed E-state index contributed by atoms with van der Waals surface area (Å²) in [6.07, 6.45) is 0.109. The lowest BCUT2D eigenvalue weighted by molar-refractivity contribution is -0.146. The Morgan fingerprint density at radius 3 is 1.69 bits per heavy atom. The molecule has 0 aliphatic carbocycles. The molecule has 0 atom stereocenters. The molecule has 3 N–H and O–H groups in total. The van der Waals surface area contributed by atoms with E-state index in [1.54, 1.807) is 74.7 Å². The predicted octanol–water partition coefficient (Wildman–Crippen LogP) is 3.63. The number of aromatic carboxylic acids is 2. The van der Waals surface area contributed by atoms with Crippen LogP contribution >= 0.6 is 92.6 Å². The lowest BCUT2D eigenvalue weighted by atomic mass is 10.1. The first-order valence-electron chi connectivity index (χ1n) is 6.24. The van der Waals surface area contributed by atoms with Crippen molar-refractivity contribution < 1.29 is 34.1 Å². The molecule has 0 unspecified atom stereocenters. The highest BCUT2D eigenvalue weighted by molar-refractivity contribution is 14.1. The van der Waals surface area contributed by atoms with Crippen LogP contribution in [0, 0.1) is 10.7 Å². The summed E-state index contributed by atoms with van der Waals surface area (Å²) >= 11 is 5.10. The number of hydrogen-bond acceptors (Lipinski definition) is 5. The number of carboxylic acid groups (broad SMARTS) is 2. The van der Waals surface area contributed by atoms with Crippen molar-refractivity contribution in [3.8, 4) is 0 Å². The third kappa shape index (κ3) is 6.79. The summed E-state index contributed by atoms with van der Waals surface area (Å²) < 4.78 is 5.14. The molecule has 0 fully saturated rings. The Morgan fingerprint density at radius 1 is 0.923 bits per heavy atom. The van der Waals surface area contributed by atoms with Gasteiger partial charge in [-0.1, -0.05) is 6.92 Å². The Labute approximate surface area is 201 Å². The molecule has 0 spiro atoms. The van der Waals surface area contributed by atoms with E-state index in [1.165, 1.54) is 0 Å². The summed E-state index contributed by atoms with van der Waals surface area (Å²) in [7, 11) is 0. The number of hydrogen-bond donors (Lipinski definition) is 3. The largest absolute Gasteiger partial charge is 0.478 e. The van der Waals surface area contributed by atoms with Gasteiger partial charge in [-0.2, -0.15) is 0 Å². The molecule has 0 aromatic heterocycles. The topological polar surface area (TPSA) is 130 Å². The van der Waals surface area contributed by atoms with E-state index in [-0.39, 0.29) is 58.8 Å². The number of anilines is 1. The summed E-state index contributed by atoms with van der Waals surface area (Å²) in [6.45, 7) is 1.03. The van der Waals surface area contributed by atoms with Crippen LogP contribution in [0.15, 0.2) is 0 Å². The van der Waals surface area contributed by atoms with Crippen molar-refractivity contribution in [3.05, 3.63) is 21.8 Å². The van der Waals surface area contributed by atoms with Gasteiger partial charge in [0.15, 0.2) is 6.61 Å². The summed E-state index contributed by atoms with van der Waals surface area (Å²) in [5.41, 5.74) is -0.367. The fourth-order valence-corrected chi connectivity index (χ4v) is 5.93. The number of benzene rings is 1. The summed E-state index contributed by atoms with van der Waals surface area (Å²) in [5.74, 6) is -3.87. The molecule has 0 saturated heterocycles. The fourth-order valence-electron chi connectivity index (χ4n) is 1.57. The predicted molar refractivity (Wildman–Crippen MR) is 123 cm³/mol. The lowest BCUT2D eigenvalue weighted by Crippen LogP contribution is -2.23. The molecule has 26 heavy (non-hydrogen) atoms. The van der Waals surface area contributed by atoms with Crippen molar-refractivity contribution in [2.24, 2.45) is 0 Å². The molecule has 1 amide bonds. The van der Waals surface area contributed by atoms with Gasteiger partial charge in [-0.05, 0) is 67.8 Å². The van der Waals surface area contributed by atoms with Gasteiger partial charge in [0.1, 0.15) is 0 Å². The van der Waals surface area contributed by atoms with Crippen LogP contribution in [0.1, 0.15) is 34.1 Å². The molecule has 0 aliphatic heterocycles. The first-order chi connectivity index (χ1) is 11.1. The maximum Gasteiger partial charge on any atom is 0.337 e. The van der Waals surface area contributed by atoms with E-state index in [0.717, 1.165) is 0 Å². The van der Waals surface area contributed by atoms with Crippen LogP contribution in [-0.4, -0.2) is 40.6 Å². The second-order valence-electron chi connectivity index (χ2n) is 4.24. The smallest absolute Gasteiger partial charge is 0.337 e. The molecule has 0 radical (unpaired) electrons. The minimum absolute atomic E-state index is 0. The minimum Gasteiger partial charge on any atom is -0.478 e. The quantitative estimate of drug-likeness (QED) is 0.300. The van der Waals surface area contributed by atoms with Gasteiger partial charge >= 0.3 is 17.9 Å². The van der Waals surface area contributed by atoms with E-state index in [1.807, 2.05) is 0 Å². The highest BCUT2D eigenvalue weighted by Gasteiger charge is 2.28. The first-order valence-corrected chi connectivity index (χ1v) is 9.47. The zero-order valence-electron chi connectivity index (χ0n) is 12.8. The molecular formula is C13H12Cl2I3NO7. The Morgan fingerprint density at radius 2 is 1.35 bits per heavy atom. The zero-order chi connectivity index (χ0) is 18.6. The molecular weight excluding hydrogens is 734 g/mol. The van der Waals surface area contributed by atoms with Gasteiger partial charge in [0.25, 0.3) is 5.91 Å². The van der Waals surface area contributed by atoms with Gasteiger partial charge in [0.05, 0.1) is 24.0 Å². The minimum atomic E-state index is -1.31. The highest BCUT2D eigenvalue weighted by Crippen LogP contribution is 2.35. The van der Waals surface area contributed by atoms with E-state index in [2.05, 4.69) is 5.32 Å². The second-order valence-corrected chi connectivity index (χ2v) is 7.48. The van der Waals surface area contributed by atoms with Crippen molar-refractivity contribution in [1.29, 1.82) is 0 Å². The standard InChI is InChI=1S/C13H10I3NO7.2ClH/c1-2-5(19)24-3-4(18)17-11-9(15)6(12(20)21)8(14)7(10(11)16)13(22)23;;/h2-3H2,1H3,(H,17,18)(H,20,21)(H,22,23);2*1H. The molecule has 1 aromatic rings. The number of rotatable bonds is 6. The third-order valence-electron chi connectivity index (χ3n) is 2.66. The molecule has 0 aliphatic rings. The maximum atomic E-state index is 11.9. The Kier molecular flexibility index (Phi) is 13.3. The lowest BCUT2D eigenvalue weighted by Gasteiger charge is -2.16. The summed E-state index contributed by atoms with van der Waals surface area (Å²) in [6, 6.07) is 0. The third-order valence-corrected chi connectivity index (χ3v) is 5.90.